The van der Waals surface area contributed by atoms with Gasteiger partial charge in [-0.2, -0.15) is 13.2 Å². The lowest BCUT2D eigenvalue weighted by Gasteiger charge is -2.35. The summed E-state index contributed by atoms with van der Waals surface area (Å²) in [5.74, 6) is -0.568. The van der Waals surface area contributed by atoms with E-state index in [9.17, 15) is 18.0 Å². The molecule has 0 aromatic heterocycles. The molecule has 0 aliphatic carbocycles. The van der Waals surface area contributed by atoms with E-state index in [1.165, 1.54) is 23.1 Å². The maximum absolute atomic E-state index is 12.1. The standard InChI is InChI=1S/C12H11BF3NO3/c13-9-2-1-7(11(19)17-4-8(18)5-17)3-10(9)20-6-12(14,15)16/h1-3,8,18H,4-6H2. The molecule has 1 heterocycles. The Balaban J connectivity index is 2.10. The van der Waals surface area contributed by atoms with Crippen LogP contribution in [0.4, 0.5) is 13.2 Å². The normalized spacial score (nSPS) is 15.9. The van der Waals surface area contributed by atoms with Gasteiger partial charge in [0, 0.05) is 18.7 Å². The third-order valence-electron chi connectivity index (χ3n) is 2.80. The van der Waals surface area contributed by atoms with Gasteiger partial charge in [0.1, 0.15) is 13.6 Å². The van der Waals surface area contributed by atoms with Crippen molar-refractivity contribution in [3.05, 3.63) is 23.8 Å². The largest absolute Gasteiger partial charge is 0.485 e. The van der Waals surface area contributed by atoms with Crippen LogP contribution in [0.25, 0.3) is 0 Å². The second kappa shape index (κ2) is 5.36. The van der Waals surface area contributed by atoms with Gasteiger partial charge in [0.15, 0.2) is 6.61 Å². The molecule has 20 heavy (non-hydrogen) atoms. The topological polar surface area (TPSA) is 49.8 Å². The van der Waals surface area contributed by atoms with Crippen molar-refractivity contribution in [1.29, 1.82) is 0 Å². The van der Waals surface area contributed by atoms with Crippen LogP contribution in [0.3, 0.4) is 0 Å². The van der Waals surface area contributed by atoms with Gasteiger partial charge >= 0.3 is 6.18 Å². The highest BCUT2D eigenvalue weighted by atomic mass is 19.4. The second-order valence-electron chi connectivity index (χ2n) is 4.52. The Morgan fingerprint density at radius 1 is 1.45 bits per heavy atom. The molecule has 1 aliphatic heterocycles. The minimum absolute atomic E-state index is 0.0226. The number of hydrogen-bond acceptors (Lipinski definition) is 3. The van der Waals surface area contributed by atoms with Crippen LogP contribution in [0.1, 0.15) is 10.4 Å². The van der Waals surface area contributed by atoms with E-state index in [1.807, 2.05) is 0 Å². The van der Waals surface area contributed by atoms with Crippen molar-refractivity contribution in [2.75, 3.05) is 19.7 Å². The summed E-state index contributed by atoms with van der Waals surface area (Å²) in [6.07, 6.45) is -5.03. The second-order valence-corrected chi connectivity index (χ2v) is 4.52. The van der Waals surface area contributed by atoms with Crippen LogP contribution >= 0.6 is 0 Å². The number of amides is 1. The van der Waals surface area contributed by atoms with Crippen LogP contribution in [-0.4, -0.2) is 55.7 Å². The Morgan fingerprint density at radius 3 is 2.65 bits per heavy atom. The number of aliphatic hydroxyl groups is 1. The highest BCUT2D eigenvalue weighted by molar-refractivity contribution is 6.34. The zero-order valence-electron chi connectivity index (χ0n) is 10.4. The Labute approximate surface area is 114 Å². The first-order valence-electron chi connectivity index (χ1n) is 5.82. The van der Waals surface area contributed by atoms with Crippen LogP contribution in [0.5, 0.6) is 5.75 Å². The fourth-order valence-corrected chi connectivity index (χ4v) is 1.76. The van der Waals surface area contributed by atoms with Crippen molar-refractivity contribution in [2.45, 2.75) is 12.3 Å². The summed E-state index contributed by atoms with van der Waals surface area (Å²) in [6.45, 7) is -1.05. The number of halogens is 3. The number of carbonyl (C=O) groups excluding carboxylic acids is 1. The molecule has 1 aliphatic rings. The van der Waals surface area contributed by atoms with Gasteiger partial charge in [-0.1, -0.05) is 11.5 Å². The number of carbonyl (C=O) groups is 1. The maximum atomic E-state index is 12.1. The first kappa shape index (κ1) is 14.7. The Morgan fingerprint density at radius 2 is 2.10 bits per heavy atom. The lowest BCUT2D eigenvalue weighted by molar-refractivity contribution is -0.153. The molecule has 1 fully saturated rings. The molecule has 1 N–H and O–H groups in total. The van der Waals surface area contributed by atoms with E-state index >= 15 is 0 Å². The molecule has 0 saturated carbocycles. The average Bonchev–Trinajstić information content (AvgIpc) is 2.32. The van der Waals surface area contributed by atoms with E-state index in [2.05, 4.69) is 4.74 Å². The fraction of sp³-hybridized carbons (Fsp3) is 0.417. The average molecular weight is 285 g/mol. The van der Waals surface area contributed by atoms with E-state index in [1.54, 1.807) is 0 Å². The van der Waals surface area contributed by atoms with Crippen molar-refractivity contribution in [3.8, 4) is 5.75 Å². The lowest BCUT2D eigenvalue weighted by atomic mass is 9.93. The molecule has 0 unspecified atom stereocenters. The third kappa shape index (κ3) is 3.44. The molecule has 1 amide bonds. The number of rotatable bonds is 3. The molecular weight excluding hydrogens is 274 g/mol. The molecule has 0 bridgehead atoms. The maximum Gasteiger partial charge on any atom is 0.422 e. The van der Waals surface area contributed by atoms with Gasteiger partial charge in [-0.05, 0) is 12.1 Å². The van der Waals surface area contributed by atoms with Gasteiger partial charge in [0.2, 0.25) is 0 Å². The van der Waals surface area contributed by atoms with Crippen LogP contribution in [0.15, 0.2) is 18.2 Å². The fourth-order valence-electron chi connectivity index (χ4n) is 1.76. The van der Waals surface area contributed by atoms with E-state index in [0.717, 1.165) is 0 Å². The van der Waals surface area contributed by atoms with Gasteiger partial charge < -0.3 is 14.7 Å². The minimum Gasteiger partial charge on any atom is -0.485 e. The summed E-state index contributed by atoms with van der Waals surface area (Å²) in [4.78, 5) is 13.3. The van der Waals surface area contributed by atoms with Crippen molar-refractivity contribution < 1.29 is 27.8 Å². The van der Waals surface area contributed by atoms with Gasteiger partial charge in [-0.15, -0.1) is 0 Å². The van der Waals surface area contributed by atoms with Crippen molar-refractivity contribution in [1.82, 2.24) is 4.90 Å². The summed E-state index contributed by atoms with van der Waals surface area (Å²) >= 11 is 0. The molecule has 4 nitrogen and oxygen atoms in total. The quantitative estimate of drug-likeness (QED) is 0.809. The Kier molecular flexibility index (Phi) is 3.94. The number of hydrogen-bond donors (Lipinski definition) is 1. The zero-order chi connectivity index (χ0) is 14.9. The van der Waals surface area contributed by atoms with E-state index in [4.69, 9.17) is 13.0 Å². The van der Waals surface area contributed by atoms with E-state index in [-0.39, 0.29) is 35.8 Å². The van der Waals surface area contributed by atoms with Gasteiger partial charge in [0.25, 0.3) is 5.91 Å². The number of likely N-dealkylation sites (tertiary alicyclic amines) is 1. The van der Waals surface area contributed by atoms with Crippen molar-refractivity contribution in [2.24, 2.45) is 0 Å². The summed E-state index contributed by atoms with van der Waals surface area (Å²) < 4.78 is 40.9. The lowest BCUT2D eigenvalue weighted by Crippen LogP contribution is -2.53. The molecule has 0 atom stereocenters. The van der Waals surface area contributed by atoms with Crippen LogP contribution in [0.2, 0.25) is 0 Å². The SMILES string of the molecule is [B]c1ccc(C(=O)N2CC(O)C2)cc1OCC(F)(F)F. The molecule has 2 rings (SSSR count). The zero-order valence-corrected chi connectivity index (χ0v) is 10.4. The first-order chi connectivity index (χ1) is 9.26. The summed E-state index contributed by atoms with van der Waals surface area (Å²) in [6, 6.07) is 3.89. The summed E-state index contributed by atoms with van der Waals surface area (Å²) in [7, 11) is 5.51. The minimum atomic E-state index is -4.48. The number of ether oxygens (including phenoxy) is 1. The molecular formula is C12H11BF3NO3. The van der Waals surface area contributed by atoms with E-state index < -0.39 is 18.9 Å². The van der Waals surface area contributed by atoms with Crippen molar-refractivity contribution in [3.63, 3.8) is 0 Å². The molecule has 106 valence electrons. The third-order valence-corrected chi connectivity index (χ3v) is 2.80. The Hall–Kier alpha value is -1.70. The summed E-state index contributed by atoms with van der Waals surface area (Å²) in [5, 5.41) is 9.12. The smallest absolute Gasteiger partial charge is 0.422 e. The number of benzene rings is 1. The van der Waals surface area contributed by atoms with Gasteiger partial charge in [-0.25, -0.2) is 0 Å². The number of aliphatic hydroxyl groups excluding tert-OH is 1. The predicted octanol–water partition coefficient (Wildman–Crippen LogP) is 0.238. The van der Waals surface area contributed by atoms with Crippen LogP contribution in [-0.2, 0) is 0 Å². The molecule has 2 radical (unpaired) electrons. The molecule has 1 saturated heterocycles. The first-order valence-corrected chi connectivity index (χ1v) is 5.82. The number of nitrogens with zero attached hydrogens (tertiary/aromatic N) is 1. The number of β-amino-alcohol motifs (C(OH)–C–C–N with tert-alkyl or cyclic N) is 1. The monoisotopic (exact) mass is 285 g/mol. The predicted molar refractivity (Wildman–Crippen MR) is 65.3 cm³/mol. The highest BCUT2D eigenvalue weighted by Crippen LogP contribution is 2.20. The molecule has 1 aromatic carbocycles. The molecule has 0 spiro atoms. The van der Waals surface area contributed by atoms with Gasteiger partial charge in [-0.3, -0.25) is 4.79 Å². The van der Waals surface area contributed by atoms with E-state index in [0.29, 0.717) is 0 Å². The van der Waals surface area contributed by atoms with Crippen LogP contribution in [0, 0.1) is 0 Å². The van der Waals surface area contributed by atoms with Crippen molar-refractivity contribution >= 4 is 19.2 Å². The molecule has 1 aromatic rings. The Bertz CT molecular complexity index is 515. The number of alkyl halides is 3. The summed E-state index contributed by atoms with van der Waals surface area (Å²) in [5.41, 5.74) is 0.192. The molecule has 8 heteroatoms. The highest BCUT2D eigenvalue weighted by Gasteiger charge is 2.31. The van der Waals surface area contributed by atoms with Crippen LogP contribution < -0.4 is 10.2 Å². The van der Waals surface area contributed by atoms with Gasteiger partial charge in [0.05, 0.1) is 6.10 Å².